The van der Waals surface area contributed by atoms with E-state index >= 15 is 0 Å². The third-order valence-corrected chi connectivity index (χ3v) is 5.34. The summed E-state index contributed by atoms with van der Waals surface area (Å²) in [5, 5.41) is 8.86. The first-order valence-corrected chi connectivity index (χ1v) is 7.53. The van der Waals surface area contributed by atoms with E-state index in [4.69, 9.17) is 5.11 Å². The quantitative estimate of drug-likeness (QED) is 0.850. The van der Waals surface area contributed by atoms with Crippen LogP contribution in [-0.2, 0) is 14.8 Å². The van der Waals surface area contributed by atoms with Crippen LogP contribution in [0.5, 0.6) is 0 Å². The first kappa shape index (κ1) is 16.7. The highest BCUT2D eigenvalue weighted by molar-refractivity contribution is 7.89. The van der Waals surface area contributed by atoms with Gasteiger partial charge in [-0.25, -0.2) is 12.8 Å². The van der Waals surface area contributed by atoms with Gasteiger partial charge in [-0.1, -0.05) is 12.1 Å². The predicted octanol–water partition coefficient (Wildman–Crippen LogP) is 1.71. The van der Waals surface area contributed by atoms with Crippen LogP contribution in [0, 0.1) is 17.7 Å². The molecule has 2 atom stereocenters. The average molecular weight is 341 g/mol. The lowest BCUT2D eigenvalue weighted by atomic mass is 9.96. The molecule has 10 heteroatoms. The Hall–Kier alpha value is -1.68. The number of aliphatic carboxylic acids is 1. The molecule has 1 saturated heterocycles. The van der Waals surface area contributed by atoms with Crippen LogP contribution < -0.4 is 0 Å². The van der Waals surface area contributed by atoms with Gasteiger partial charge in [0.1, 0.15) is 10.7 Å². The van der Waals surface area contributed by atoms with Crippen LogP contribution in [0.4, 0.5) is 17.6 Å². The number of benzene rings is 1. The summed E-state index contributed by atoms with van der Waals surface area (Å²) in [5.74, 6) is -7.09. The zero-order chi connectivity index (χ0) is 16.7. The molecule has 0 radical (unpaired) electrons. The molecule has 0 aliphatic carbocycles. The fourth-order valence-electron chi connectivity index (χ4n) is 2.34. The number of carboxylic acid groups (broad SMARTS) is 1. The Labute approximate surface area is 123 Å². The molecule has 0 aromatic heterocycles. The Kier molecular flexibility index (Phi) is 4.18. The minimum absolute atomic E-state index is 0.363. The van der Waals surface area contributed by atoms with Gasteiger partial charge < -0.3 is 5.11 Å². The number of hydrogen-bond acceptors (Lipinski definition) is 3. The molecule has 1 fully saturated rings. The zero-order valence-electron chi connectivity index (χ0n) is 10.9. The Bertz CT molecular complexity index is 689. The largest absolute Gasteiger partial charge is 0.481 e. The summed E-state index contributed by atoms with van der Waals surface area (Å²) in [5.41, 5.74) is 0. The van der Waals surface area contributed by atoms with E-state index in [0.717, 1.165) is 12.1 Å². The van der Waals surface area contributed by atoms with Crippen molar-refractivity contribution < 1.29 is 35.9 Å². The van der Waals surface area contributed by atoms with Gasteiger partial charge in [0.25, 0.3) is 0 Å². The molecule has 22 heavy (non-hydrogen) atoms. The second kappa shape index (κ2) is 5.51. The minimum atomic E-state index is -4.86. The normalized spacial score (nSPS) is 23.6. The van der Waals surface area contributed by atoms with E-state index in [9.17, 15) is 30.8 Å². The Balaban J connectivity index is 2.39. The molecule has 2 rings (SSSR count). The number of rotatable bonds is 3. The number of nitrogens with zero attached hydrogens (tertiary/aromatic N) is 1. The molecule has 0 bridgehead atoms. The van der Waals surface area contributed by atoms with E-state index in [1.54, 1.807) is 0 Å². The van der Waals surface area contributed by atoms with Crippen LogP contribution in [-0.4, -0.2) is 43.1 Å². The van der Waals surface area contributed by atoms with Crippen LogP contribution in [0.3, 0.4) is 0 Å². The van der Waals surface area contributed by atoms with Crippen LogP contribution in [0.15, 0.2) is 29.2 Å². The number of halogens is 4. The first-order valence-electron chi connectivity index (χ1n) is 6.09. The highest BCUT2D eigenvalue weighted by Crippen LogP contribution is 2.39. The molecule has 1 aliphatic heterocycles. The standard InChI is InChI=1S/C12H11F4NO4S/c13-9-3-1-2-4-10(9)22(20,21)17-5-7(11(18)19)8(6-17)12(14,15)16/h1-4,7-8H,5-6H2,(H,18,19)/t7-,8-/m1/s1. The van der Waals surface area contributed by atoms with Gasteiger partial charge in [-0.3, -0.25) is 4.79 Å². The fraction of sp³-hybridized carbons (Fsp3) is 0.417. The van der Waals surface area contributed by atoms with Gasteiger partial charge in [-0.05, 0) is 12.1 Å². The van der Waals surface area contributed by atoms with Crippen LogP contribution in [0.1, 0.15) is 0 Å². The number of hydrogen-bond donors (Lipinski definition) is 1. The number of sulfonamides is 1. The van der Waals surface area contributed by atoms with E-state index < -0.39 is 57.8 Å². The summed E-state index contributed by atoms with van der Waals surface area (Å²) >= 11 is 0. The van der Waals surface area contributed by atoms with Gasteiger partial charge in [0, 0.05) is 13.1 Å². The van der Waals surface area contributed by atoms with Crippen LogP contribution >= 0.6 is 0 Å². The monoisotopic (exact) mass is 341 g/mol. The third kappa shape index (κ3) is 2.93. The molecule has 1 heterocycles. The molecular formula is C12H11F4NO4S. The molecule has 0 unspecified atom stereocenters. The average Bonchev–Trinajstić information content (AvgIpc) is 2.84. The number of carboxylic acids is 1. The van der Waals surface area contributed by atoms with Gasteiger partial charge in [-0.2, -0.15) is 17.5 Å². The molecule has 1 N–H and O–H groups in total. The van der Waals surface area contributed by atoms with Crippen molar-refractivity contribution in [3.63, 3.8) is 0 Å². The molecule has 0 spiro atoms. The summed E-state index contributed by atoms with van der Waals surface area (Å²) < 4.78 is 77.0. The third-order valence-electron chi connectivity index (χ3n) is 3.48. The highest BCUT2D eigenvalue weighted by atomic mass is 32.2. The molecule has 5 nitrogen and oxygen atoms in total. The summed E-state index contributed by atoms with van der Waals surface area (Å²) in [6.45, 7) is -1.90. The highest BCUT2D eigenvalue weighted by Gasteiger charge is 2.55. The Morgan fingerprint density at radius 2 is 1.82 bits per heavy atom. The van der Waals surface area contributed by atoms with E-state index in [1.165, 1.54) is 12.1 Å². The van der Waals surface area contributed by atoms with Crippen LogP contribution in [0.2, 0.25) is 0 Å². The lowest BCUT2D eigenvalue weighted by Crippen LogP contribution is -2.34. The van der Waals surface area contributed by atoms with E-state index in [0.29, 0.717) is 4.31 Å². The smallest absolute Gasteiger partial charge is 0.393 e. The molecule has 1 aliphatic rings. The Morgan fingerprint density at radius 1 is 1.23 bits per heavy atom. The number of carbonyl (C=O) groups is 1. The van der Waals surface area contributed by atoms with Crippen molar-refractivity contribution in [3.8, 4) is 0 Å². The van der Waals surface area contributed by atoms with Crippen molar-refractivity contribution in [2.24, 2.45) is 11.8 Å². The van der Waals surface area contributed by atoms with Crippen LogP contribution in [0.25, 0.3) is 0 Å². The molecular weight excluding hydrogens is 330 g/mol. The maximum atomic E-state index is 13.6. The summed E-state index contributed by atoms with van der Waals surface area (Å²) in [7, 11) is -4.53. The molecule has 122 valence electrons. The van der Waals surface area contributed by atoms with Crippen molar-refractivity contribution in [3.05, 3.63) is 30.1 Å². The van der Waals surface area contributed by atoms with Crippen molar-refractivity contribution >= 4 is 16.0 Å². The fourth-order valence-corrected chi connectivity index (χ4v) is 3.90. The molecule has 1 aromatic carbocycles. The zero-order valence-corrected chi connectivity index (χ0v) is 11.7. The van der Waals surface area contributed by atoms with Crippen molar-refractivity contribution in [1.82, 2.24) is 4.31 Å². The van der Waals surface area contributed by atoms with Gasteiger partial charge >= 0.3 is 12.1 Å². The number of alkyl halides is 3. The SMILES string of the molecule is O=C(O)[C@@H]1CN(S(=O)(=O)c2ccccc2F)C[C@H]1C(F)(F)F. The van der Waals surface area contributed by atoms with Crippen molar-refractivity contribution in [1.29, 1.82) is 0 Å². The molecule has 0 amide bonds. The topological polar surface area (TPSA) is 74.7 Å². The van der Waals surface area contributed by atoms with E-state index in [-0.39, 0.29) is 0 Å². The van der Waals surface area contributed by atoms with Gasteiger partial charge in [0.05, 0.1) is 11.8 Å². The maximum Gasteiger partial charge on any atom is 0.393 e. The predicted molar refractivity (Wildman–Crippen MR) is 65.8 cm³/mol. The van der Waals surface area contributed by atoms with Gasteiger partial charge in [0.15, 0.2) is 0 Å². The van der Waals surface area contributed by atoms with Gasteiger partial charge in [-0.15, -0.1) is 0 Å². The van der Waals surface area contributed by atoms with E-state index in [2.05, 4.69) is 0 Å². The molecule has 0 saturated carbocycles. The van der Waals surface area contributed by atoms with Gasteiger partial charge in [0.2, 0.25) is 10.0 Å². The lowest BCUT2D eigenvalue weighted by Gasteiger charge is -2.18. The summed E-state index contributed by atoms with van der Waals surface area (Å²) in [6.07, 6.45) is -4.86. The maximum absolute atomic E-state index is 13.6. The Morgan fingerprint density at radius 3 is 2.27 bits per heavy atom. The summed E-state index contributed by atoms with van der Waals surface area (Å²) in [6, 6.07) is 4.24. The first-order chi connectivity index (χ1) is 10.0. The van der Waals surface area contributed by atoms with Crippen molar-refractivity contribution in [2.45, 2.75) is 11.1 Å². The second-order valence-electron chi connectivity index (χ2n) is 4.85. The lowest BCUT2D eigenvalue weighted by molar-refractivity contribution is -0.187. The second-order valence-corrected chi connectivity index (χ2v) is 6.75. The minimum Gasteiger partial charge on any atom is -0.481 e. The van der Waals surface area contributed by atoms with E-state index in [1.807, 2.05) is 0 Å². The molecule has 1 aromatic rings. The summed E-state index contributed by atoms with van der Waals surface area (Å²) in [4.78, 5) is 10.2. The van der Waals surface area contributed by atoms with Crippen molar-refractivity contribution in [2.75, 3.05) is 13.1 Å².